The summed E-state index contributed by atoms with van der Waals surface area (Å²) in [5, 5.41) is 2.46. The summed E-state index contributed by atoms with van der Waals surface area (Å²) in [5.41, 5.74) is -0.570. The van der Waals surface area contributed by atoms with Gasteiger partial charge in [0.1, 0.15) is 34.8 Å². The molecule has 1 heterocycles. The Labute approximate surface area is 140 Å². The van der Waals surface area contributed by atoms with Crippen LogP contribution in [-0.2, 0) is 0 Å². The summed E-state index contributed by atoms with van der Waals surface area (Å²) < 4.78 is 54.5. The average Bonchev–Trinajstić information content (AvgIpc) is 2.58. The molecule has 0 aliphatic carbocycles. The number of hydrogen-bond donors (Lipinski definition) is 1. The van der Waals surface area contributed by atoms with E-state index in [2.05, 4.69) is 10.3 Å². The van der Waals surface area contributed by atoms with Crippen molar-refractivity contribution in [2.75, 3.05) is 5.32 Å². The van der Waals surface area contributed by atoms with Crippen molar-refractivity contribution < 1.29 is 22.4 Å². The normalized spacial score (nSPS) is 10.6. The Balaban J connectivity index is 2.08. The Morgan fingerprint density at radius 1 is 0.880 bits per heavy atom. The molecular weight excluding hydrogens is 336 g/mol. The fraction of sp³-hybridized carbons (Fsp3) is 0. The van der Waals surface area contributed by atoms with Crippen LogP contribution in [0.15, 0.2) is 48.5 Å². The third kappa shape index (κ3) is 3.35. The van der Waals surface area contributed by atoms with Crippen LogP contribution in [0.3, 0.4) is 0 Å². The molecule has 0 fully saturated rings. The van der Waals surface area contributed by atoms with Crippen LogP contribution in [0.2, 0.25) is 0 Å². The Bertz CT molecular complexity index is 940. The number of halogens is 4. The minimum absolute atomic E-state index is 0.00618. The summed E-state index contributed by atoms with van der Waals surface area (Å²) in [6, 6.07) is 8.77. The van der Waals surface area contributed by atoms with Gasteiger partial charge in [-0.3, -0.25) is 4.79 Å². The molecule has 3 rings (SSSR count). The molecule has 3 aromatic rings. The first-order valence-corrected chi connectivity index (χ1v) is 7.12. The van der Waals surface area contributed by atoms with E-state index in [1.165, 1.54) is 18.2 Å². The second-order valence-corrected chi connectivity index (χ2v) is 5.10. The molecule has 126 valence electrons. The molecule has 0 saturated carbocycles. The molecule has 3 nitrogen and oxygen atoms in total. The Morgan fingerprint density at radius 3 is 2.24 bits per heavy atom. The molecule has 0 atom stereocenters. The van der Waals surface area contributed by atoms with E-state index < -0.39 is 29.0 Å². The molecule has 0 spiro atoms. The molecule has 0 radical (unpaired) electrons. The minimum atomic E-state index is -0.912. The lowest BCUT2D eigenvalue weighted by molar-refractivity contribution is 0.112. The van der Waals surface area contributed by atoms with Crippen LogP contribution in [0.5, 0.6) is 0 Å². The minimum Gasteiger partial charge on any atom is -0.335 e. The third-order valence-corrected chi connectivity index (χ3v) is 3.46. The maximum atomic E-state index is 14.0. The number of anilines is 2. The lowest BCUT2D eigenvalue weighted by Crippen LogP contribution is -2.02. The van der Waals surface area contributed by atoms with Gasteiger partial charge in [-0.05, 0) is 36.4 Å². The number of carbonyl (C=O) groups excluding carboxylic acids is 1. The zero-order chi connectivity index (χ0) is 18.0. The highest BCUT2D eigenvalue weighted by atomic mass is 19.1. The lowest BCUT2D eigenvalue weighted by Gasteiger charge is -2.11. The molecule has 1 aromatic heterocycles. The van der Waals surface area contributed by atoms with Gasteiger partial charge in [0.25, 0.3) is 0 Å². The second kappa shape index (κ2) is 6.72. The van der Waals surface area contributed by atoms with Crippen LogP contribution in [0.1, 0.15) is 10.4 Å². The highest BCUT2D eigenvalue weighted by Crippen LogP contribution is 2.28. The molecule has 0 amide bonds. The van der Waals surface area contributed by atoms with Crippen molar-refractivity contribution in [1.29, 1.82) is 0 Å². The van der Waals surface area contributed by atoms with Gasteiger partial charge in [0, 0.05) is 17.2 Å². The number of carbonyl (C=O) groups is 1. The zero-order valence-electron chi connectivity index (χ0n) is 12.6. The number of pyridine rings is 1. The highest BCUT2D eigenvalue weighted by molar-refractivity contribution is 5.86. The van der Waals surface area contributed by atoms with Gasteiger partial charge in [-0.25, -0.2) is 22.5 Å². The Morgan fingerprint density at radius 2 is 1.60 bits per heavy atom. The van der Waals surface area contributed by atoms with Gasteiger partial charge in [-0.15, -0.1) is 0 Å². The van der Waals surface area contributed by atoms with E-state index >= 15 is 0 Å². The van der Waals surface area contributed by atoms with Gasteiger partial charge in [0.2, 0.25) is 0 Å². The first-order chi connectivity index (χ1) is 12.0. The number of para-hydroxylation sites is 1. The van der Waals surface area contributed by atoms with Crippen molar-refractivity contribution in [3.63, 3.8) is 0 Å². The molecule has 25 heavy (non-hydrogen) atoms. The first kappa shape index (κ1) is 16.6. The van der Waals surface area contributed by atoms with Gasteiger partial charge in [0.05, 0.1) is 5.69 Å². The molecular formula is C18H10F4N2O. The van der Waals surface area contributed by atoms with Crippen LogP contribution in [0, 0.1) is 23.3 Å². The van der Waals surface area contributed by atoms with Crippen molar-refractivity contribution in [2.45, 2.75) is 0 Å². The van der Waals surface area contributed by atoms with Gasteiger partial charge >= 0.3 is 0 Å². The van der Waals surface area contributed by atoms with Crippen molar-refractivity contribution >= 4 is 17.8 Å². The summed E-state index contributed by atoms with van der Waals surface area (Å²) >= 11 is 0. The van der Waals surface area contributed by atoms with Crippen LogP contribution in [0.25, 0.3) is 11.3 Å². The molecule has 0 saturated heterocycles. The summed E-state index contributed by atoms with van der Waals surface area (Å²) in [5.74, 6) is -3.37. The second-order valence-electron chi connectivity index (χ2n) is 5.10. The molecule has 0 aliphatic rings. The molecule has 0 aliphatic heterocycles. The number of nitrogens with zero attached hydrogens (tertiary/aromatic N) is 1. The van der Waals surface area contributed by atoms with Crippen LogP contribution < -0.4 is 5.32 Å². The number of aldehydes is 1. The number of benzene rings is 2. The molecule has 7 heteroatoms. The van der Waals surface area contributed by atoms with Crippen LogP contribution >= 0.6 is 0 Å². The van der Waals surface area contributed by atoms with E-state index in [0.29, 0.717) is 12.4 Å². The van der Waals surface area contributed by atoms with Gasteiger partial charge < -0.3 is 5.32 Å². The van der Waals surface area contributed by atoms with Crippen LogP contribution in [0.4, 0.5) is 29.1 Å². The number of nitrogens with one attached hydrogen (secondary N) is 1. The van der Waals surface area contributed by atoms with E-state index in [4.69, 9.17) is 0 Å². The van der Waals surface area contributed by atoms with Gasteiger partial charge in [-0.1, -0.05) is 6.07 Å². The topological polar surface area (TPSA) is 42.0 Å². The van der Waals surface area contributed by atoms with Crippen molar-refractivity contribution in [2.24, 2.45) is 0 Å². The van der Waals surface area contributed by atoms with Crippen molar-refractivity contribution in [3.8, 4) is 11.3 Å². The fourth-order valence-electron chi connectivity index (χ4n) is 2.28. The third-order valence-electron chi connectivity index (χ3n) is 3.46. The highest BCUT2D eigenvalue weighted by Gasteiger charge is 2.15. The molecule has 1 N–H and O–H groups in total. The van der Waals surface area contributed by atoms with E-state index in [0.717, 1.165) is 24.3 Å². The maximum Gasteiger partial charge on any atom is 0.152 e. The first-order valence-electron chi connectivity index (χ1n) is 7.12. The van der Waals surface area contributed by atoms with Crippen LogP contribution in [-0.4, -0.2) is 11.3 Å². The van der Waals surface area contributed by atoms with Crippen molar-refractivity contribution in [1.82, 2.24) is 4.98 Å². The average molecular weight is 346 g/mol. The van der Waals surface area contributed by atoms with E-state index in [1.54, 1.807) is 0 Å². The quantitative estimate of drug-likeness (QED) is 0.542. The monoisotopic (exact) mass is 346 g/mol. The lowest BCUT2D eigenvalue weighted by atomic mass is 10.1. The summed E-state index contributed by atoms with van der Waals surface area (Å²) in [6.45, 7) is 0. The van der Waals surface area contributed by atoms with Crippen molar-refractivity contribution in [3.05, 3.63) is 77.4 Å². The molecule has 0 bridgehead atoms. The summed E-state index contributed by atoms with van der Waals surface area (Å²) in [7, 11) is 0. The van der Waals surface area contributed by atoms with E-state index in [1.807, 2.05) is 0 Å². The standard InChI is InChI=1S/C18H10F4N2O/c19-11-5-6-12(15(22)8-11)17-10(9-25)4-7-16(23-17)24-18-13(20)2-1-3-14(18)21/h1-9H,(H,23,24). The number of aromatic nitrogens is 1. The van der Waals surface area contributed by atoms with E-state index in [9.17, 15) is 22.4 Å². The molecule has 2 aromatic carbocycles. The van der Waals surface area contributed by atoms with Gasteiger partial charge in [0.15, 0.2) is 6.29 Å². The largest absolute Gasteiger partial charge is 0.335 e. The number of rotatable bonds is 4. The molecule has 0 unspecified atom stereocenters. The SMILES string of the molecule is O=Cc1ccc(Nc2c(F)cccc2F)nc1-c1ccc(F)cc1F. The smallest absolute Gasteiger partial charge is 0.152 e. The number of hydrogen-bond acceptors (Lipinski definition) is 3. The Hall–Kier alpha value is -3.22. The predicted molar refractivity (Wildman–Crippen MR) is 84.6 cm³/mol. The fourth-order valence-corrected chi connectivity index (χ4v) is 2.28. The Kier molecular flexibility index (Phi) is 4.47. The summed E-state index contributed by atoms with van der Waals surface area (Å²) in [4.78, 5) is 15.2. The van der Waals surface area contributed by atoms with Gasteiger partial charge in [-0.2, -0.15) is 0 Å². The predicted octanol–water partition coefficient (Wildman–Crippen LogP) is 4.86. The maximum absolute atomic E-state index is 14.0. The zero-order valence-corrected chi connectivity index (χ0v) is 12.6. The summed E-state index contributed by atoms with van der Waals surface area (Å²) in [6.07, 6.45) is 0.457. The van der Waals surface area contributed by atoms with E-state index in [-0.39, 0.29) is 22.6 Å².